The van der Waals surface area contributed by atoms with Crippen LogP contribution >= 0.6 is 49.5 Å². The summed E-state index contributed by atoms with van der Waals surface area (Å²) in [6.45, 7) is 36.6. The Morgan fingerprint density at radius 1 is 0.696 bits per heavy atom. The Labute approximate surface area is 570 Å². The summed E-state index contributed by atoms with van der Waals surface area (Å²) in [5.41, 5.74) is 2.32. The molecular formula is C63H96IN15O10P3-. The first-order chi connectivity index (χ1) is 45.4. The number of fused-ring (bicyclic) bond motifs is 2. The van der Waals surface area contributed by atoms with E-state index in [4.69, 9.17) is 51.2 Å². The van der Waals surface area contributed by atoms with Gasteiger partial charge in [0, 0.05) is 68.5 Å². The summed E-state index contributed by atoms with van der Waals surface area (Å²) in [5.74, 6) is -0.240. The van der Waals surface area contributed by atoms with Crippen molar-refractivity contribution in [1.29, 1.82) is 5.26 Å². The minimum atomic E-state index is -1.83. The van der Waals surface area contributed by atoms with Crippen molar-refractivity contribution in [3.05, 3.63) is 109 Å². The van der Waals surface area contributed by atoms with Gasteiger partial charge in [-0.05, 0) is 125 Å². The third-order valence-electron chi connectivity index (χ3n) is 14.1. The fraction of sp³-hybridized carbons (Fsp3) is 0.587. The zero-order valence-corrected chi connectivity index (χ0v) is 60.6. The van der Waals surface area contributed by atoms with E-state index >= 15 is 0 Å². The van der Waals surface area contributed by atoms with E-state index in [0.717, 1.165) is 0 Å². The monoisotopic (exact) mass is 1450 g/mol. The van der Waals surface area contributed by atoms with Crippen LogP contribution in [-0.4, -0.2) is 182 Å². The van der Waals surface area contributed by atoms with Crippen molar-refractivity contribution in [1.82, 2.24) is 53.0 Å². The third kappa shape index (κ3) is 20.5. The van der Waals surface area contributed by atoms with E-state index in [1.807, 2.05) is 62.4 Å². The van der Waals surface area contributed by atoms with Crippen LogP contribution in [0.25, 0.3) is 27.2 Å². The minimum Gasteiger partial charge on any atom is -0.577 e. The van der Waals surface area contributed by atoms with Gasteiger partial charge in [-0.15, -0.1) is 0 Å². The summed E-state index contributed by atoms with van der Waals surface area (Å²) < 4.78 is 91.7. The maximum Gasteiger partial charge on any atom is 0.259 e. The number of aromatic nitrogens is 8. The SMILES string of the molecule is CC(C)N(C(C)C)P(OCCC#N)N(C(C)C)C(C)C.[2H]C([2H])(C)[C@H]1O[C@@H](n2cnc3c(NC(=O)c4ccccc4)ncnc32)C(OC)[C@H]1O.[2H]C([2H])(C)[C@H]1O[C@@H](n2cnc3c(NC(=O)c4ccccc4)ncnc32)C(OC)[C@H]1OP(OCC[N+]#[C-])N(C(C)C)C(C)C.[2H]CI.[PH2-]. The average molecular weight is 1450 g/mol. The zero-order chi connectivity index (χ0) is 71.4. The molecule has 0 radical (unpaired) electrons. The Hall–Kier alpha value is -4.96. The van der Waals surface area contributed by atoms with Crippen LogP contribution in [0.15, 0.2) is 86.0 Å². The van der Waals surface area contributed by atoms with Crippen molar-refractivity contribution >= 4 is 95.2 Å². The van der Waals surface area contributed by atoms with E-state index < -0.39 is 78.8 Å². The van der Waals surface area contributed by atoms with Crippen LogP contribution in [0.1, 0.15) is 156 Å². The normalized spacial score (nSPS) is 21.0. The number of aliphatic hydroxyl groups excluding tert-OH is 1. The van der Waals surface area contributed by atoms with Crippen molar-refractivity contribution in [2.45, 2.75) is 201 Å². The molecule has 29 heteroatoms. The molecule has 8 rings (SSSR count). The van der Waals surface area contributed by atoms with Gasteiger partial charge in [-0.25, -0.2) is 50.5 Å². The number of hydrogen-bond donors (Lipinski definition) is 3. The van der Waals surface area contributed by atoms with Gasteiger partial charge in [0.05, 0.1) is 44.0 Å². The van der Waals surface area contributed by atoms with Crippen molar-refractivity contribution < 1.29 is 54.1 Å². The highest BCUT2D eigenvalue weighted by Crippen LogP contribution is 2.52. The van der Waals surface area contributed by atoms with Crippen LogP contribution in [0.4, 0.5) is 11.6 Å². The Morgan fingerprint density at radius 3 is 1.51 bits per heavy atom. The quantitative estimate of drug-likeness (QED) is 0.0142. The number of ether oxygens (including phenoxy) is 4. The number of nitriles is 1. The van der Waals surface area contributed by atoms with Gasteiger partial charge in [-0.2, -0.15) is 5.26 Å². The molecule has 0 saturated carbocycles. The molecule has 9 atom stereocenters. The molecule has 2 aliphatic rings. The van der Waals surface area contributed by atoms with Crippen molar-refractivity contribution in [2.75, 3.05) is 49.5 Å². The lowest BCUT2D eigenvalue weighted by molar-refractivity contribution is -0.0497. The average Bonchev–Trinajstić information content (AvgIpc) is 1.61. The second-order valence-electron chi connectivity index (χ2n) is 22.3. The molecule has 25 nitrogen and oxygen atoms in total. The van der Waals surface area contributed by atoms with Crippen LogP contribution in [0, 0.1) is 17.9 Å². The minimum absolute atomic E-state index is 0. The van der Waals surface area contributed by atoms with Crippen LogP contribution in [0.3, 0.4) is 0 Å². The summed E-state index contributed by atoms with van der Waals surface area (Å²) in [6, 6.07) is 21.4. The summed E-state index contributed by atoms with van der Waals surface area (Å²) in [6.07, 6.45) is -5.18. The number of halogens is 1. The van der Waals surface area contributed by atoms with Crippen molar-refractivity contribution in [3.63, 3.8) is 0 Å². The lowest BCUT2D eigenvalue weighted by Crippen LogP contribution is -2.43. The Kier molecular flexibility index (Phi) is 30.9. The molecule has 6 aromatic rings. The summed E-state index contributed by atoms with van der Waals surface area (Å²) in [7, 11) is 0.367. The second kappa shape index (κ2) is 39.8. The van der Waals surface area contributed by atoms with E-state index in [9.17, 15) is 14.7 Å². The standard InChI is InChI=1S/C28H38N7O5P.C19H21N5O4.C15H32N3OP.CH3I.H2P/c1-8-21-23(40-41(38-15-14-29-6)35(18(2)3)19(4)5)24(37-7)28(39-21)34-17-32-22-25(30-16-31-26(22)34)33-27(36)20-12-10-9-11-13-20;1-3-12-14(25)15(27-2)19(28-12)24-10-22-13-16(20-9-21-17(13)24)23-18(26)11-7-5-4-6-8-11;1-12(2)17(13(3)4)20(19-11-9-10-16)18(14(5)6)15(7)8;1-2;/h9-13,16-19,21,23-24,28H,8,14-15H2,1-5,7H3,(H,30,31,33,36);4-10,12,14-15,19,25H,3H2,1-2H3,(H,20,21,23,26);12-15H,9,11H2,1-8H3;1H3;1H2/q;;;;-1/t21-,23+,24?,28-,41?;12-,14+,15?,19-;;;/m11.../s1/i8D2;3D2;;1D;. The van der Waals surface area contributed by atoms with Crippen molar-refractivity contribution in [3.8, 4) is 6.07 Å². The van der Waals surface area contributed by atoms with E-state index in [1.54, 1.807) is 53.1 Å². The van der Waals surface area contributed by atoms with E-state index in [-0.39, 0.29) is 58.6 Å². The number of benzene rings is 2. The van der Waals surface area contributed by atoms with Gasteiger partial charge in [0.25, 0.3) is 20.3 Å². The largest absolute Gasteiger partial charge is 0.577 e. The molecule has 2 fully saturated rings. The molecule has 0 spiro atoms. The molecule has 4 aromatic heterocycles. The smallest absolute Gasteiger partial charge is 0.259 e. The first-order valence-corrected chi connectivity index (χ1v) is 33.8. The number of hydrogen-bond acceptors (Lipinski definition) is 20. The molecule has 6 heterocycles. The summed E-state index contributed by atoms with van der Waals surface area (Å²) in [4.78, 5) is 54.9. The molecule has 0 bridgehead atoms. The Balaban J connectivity index is 0.000000322. The van der Waals surface area contributed by atoms with E-state index in [0.29, 0.717) is 75.6 Å². The van der Waals surface area contributed by atoms with Gasteiger partial charge >= 0.3 is 0 Å². The number of carbonyl (C=O) groups is 2. The van der Waals surface area contributed by atoms with Crippen LogP contribution < -0.4 is 10.6 Å². The van der Waals surface area contributed by atoms with Gasteiger partial charge < -0.3 is 63.0 Å². The third-order valence-corrected chi connectivity index (χ3v) is 19.3. The van der Waals surface area contributed by atoms with E-state index in [2.05, 4.69) is 121 Å². The fourth-order valence-electron chi connectivity index (χ4n) is 10.4. The van der Waals surface area contributed by atoms with Gasteiger partial charge in [-0.1, -0.05) is 72.8 Å². The number of rotatable bonds is 27. The van der Waals surface area contributed by atoms with E-state index in [1.165, 1.54) is 57.9 Å². The fourth-order valence-corrected chi connectivity index (χ4v) is 14.5. The number of methoxy groups -OCH3 is 2. The molecule has 3 unspecified atom stereocenters. The lowest BCUT2D eigenvalue weighted by Gasteiger charge is -2.45. The molecule has 2 aliphatic heterocycles. The molecule has 92 heavy (non-hydrogen) atoms. The number of amides is 2. The second-order valence-corrected chi connectivity index (χ2v) is 25.4. The van der Waals surface area contributed by atoms with Crippen LogP contribution in [0.5, 0.6) is 0 Å². The summed E-state index contributed by atoms with van der Waals surface area (Å²) in [5, 5.41) is 24.8. The molecule has 2 amide bonds. The van der Waals surface area contributed by atoms with Gasteiger partial charge in [-0.3, -0.25) is 18.7 Å². The van der Waals surface area contributed by atoms with Crippen LogP contribution in [-0.2, 0) is 32.5 Å². The predicted molar refractivity (Wildman–Crippen MR) is 374 cm³/mol. The molecule has 0 aliphatic carbocycles. The maximum absolute atomic E-state index is 12.8. The zero-order valence-electron chi connectivity index (χ0n) is 60.5. The number of imidazole rings is 2. The number of nitrogens with one attached hydrogen (secondary N) is 2. The number of nitrogens with zero attached hydrogens (tertiary/aromatic N) is 13. The van der Waals surface area contributed by atoms with Gasteiger partial charge in [0.1, 0.15) is 43.7 Å². The number of alkyl halides is 1. The van der Waals surface area contributed by atoms with Gasteiger partial charge in [0.15, 0.2) is 54.9 Å². The number of carbonyl (C=O) groups excluding carboxylic acids is 2. The predicted octanol–water partition coefficient (Wildman–Crippen LogP) is 12.6. The van der Waals surface area contributed by atoms with Gasteiger partial charge in [0.2, 0.25) is 6.54 Å². The maximum atomic E-state index is 12.8. The highest BCUT2D eigenvalue weighted by molar-refractivity contribution is 14.1. The Bertz CT molecular complexity index is 3400. The lowest BCUT2D eigenvalue weighted by atomic mass is 10.1. The number of aliphatic hydroxyl groups is 1. The first-order valence-electron chi connectivity index (χ1n) is 32.7. The highest BCUT2D eigenvalue weighted by atomic mass is 127. The van der Waals surface area contributed by atoms with Crippen LogP contribution in [0.2, 0.25) is 0 Å². The Morgan fingerprint density at radius 2 is 1.12 bits per heavy atom. The molecule has 3 N–H and O–H groups in total. The molecule has 506 valence electrons. The first kappa shape index (κ1) is 71.3. The highest BCUT2D eigenvalue weighted by Gasteiger charge is 2.49. The molecule has 2 aromatic carbocycles. The summed E-state index contributed by atoms with van der Waals surface area (Å²) >= 11 is 1.96. The molecule has 2 saturated heterocycles. The molecular weight excluding hydrogens is 1350 g/mol. The number of anilines is 2. The topological polar surface area (TPSA) is 268 Å². The van der Waals surface area contributed by atoms with Crippen molar-refractivity contribution in [2.24, 2.45) is 0 Å².